The zero-order chi connectivity index (χ0) is 29.6. The molecule has 0 aliphatic rings. The summed E-state index contributed by atoms with van der Waals surface area (Å²) in [6.07, 6.45) is 1.97. The fourth-order valence-electron chi connectivity index (χ4n) is 5.11. The molecule has 1 N–H and O–H groups in total. The molecule has 5 aromatic rings. The van der Waals surface area contributed by atoms with Gasteiger partial charge >= 0.3 is 57.1 Å². The number of aromatic amines is 1. The van der Waals surface area contributed by atoms with Gasteiger partial charge in [0.15, 0.2) is 5.82 Å². The van der Waals surface area contributed by atoms with Gasteiger partial charge in [0.2, 0.25) is 0 Å². The zero-order valence-electron chi connectivity index (χ0n) is 26.2. The molecule has 43 heavy (non-hydrogen) atoms. The molecule has 2 aromatic heterocycles. The SMILES string of the molecule is CCCc1nc(C)n(-c2ccc(OC(C)COC)cc2)c(=O)c1Cc1ccc(-c2ccccc2-c2noc(=O)[nH]2)cc1.[H-].[K+]. The van der Waals surface area contributed by atoms with Gasteiger partial charge in [-0.2, -0.15) is 0 Å². The minimum Gasteiger partial charge on any atom is -1.00 e. The van der Waals surface area contributed by atoms with Crippen molar-refractivity contribution in [3.8, 4) is 34.0 Å². The molecular weight excluding hydrogens is 571 g/mol. The molecule has 10 heteroatoms. The van der Waals surface area contributed by atoms with Crippen LogP contribution in [0.1, 0.15) is 44.3 Å². The molecule has 0 bridgehead atoms. The summed E-state index contributed by atoms with van der Waals surface area (Å²) in [4.78, 5) is 33.0. The van der Waals surface area contributed by atoms with Crippen molar-refractivity contribution in [1.82, 2.24) is 19.7 Å². The summed E-state index contributed by atoms with van der Waals surface area (Å²) in [6.45, 7) is 6.38. The van der Waals surface area contributed by atoms with E-state index < -0.39 is 5.76 Å². The summed E-state index contributed by atoms with van der Waals surface area (Å²) in [5.74, 6) is 1.13. The maximum Gasteiger partial charge on any atom is 1.00 e. The Hall–Kier alpha value is -3.12. The molecule has 0 amide bonds. The first-order valence-corrected chi connectivity index (χ1v) is 14.0. The van der Waals surface area contributed by atoms with Gasteiger partial charge in [-0.1, -0.05) is 67.0 Å². The number of methoxy groups -OCH3 is 1. The Labute approximate surface area is 294 Å². The van der Waals surface area contributed by atoms with E-state index in [1.807, 2.05) is 86.6 Å². The van der Waals surface area contributed by atoms with Crippen LogP contribution in [-0.4, -0.2) is 39.5 Å². The van der Waals surface area contributed by atoms with E-state index in [1.165, 1.54) is 0 Å². The van der Waals surface area contributed by atoms with Crippen LogP contribution in [0, 0.1) is 6.92 Å². The quantitative estimate of drug-likeness (QED) is 0.230. The number of rotatable bonds is 11. The van der Waals surface area contributed by atoms with Crippen LogP contribution >= 0.6 is 0 Å². The number of hydrogen-bond donors (Lipinski definition) is 1. The van der Waals surface area contributed by atoms with E-state index in [0.717, 1.165) is 46.5 Å². The number of hydrogen-bond acceptors (Lipinski definition) is 7. The predicted octanol–water partition coefficient (Wildman–Crippen LogP) is 2.62. The van der Waals surface area contributed by atoms with Crippen molar-refractivity contribution in [2.24, 2.45) is 0 Å². The van der Waals surface area contributed by atoms with E-state index in [1.54, 1.807) is 11.7 Å². The monoisotopic (exact) mass is 606 g/mol. The normalized spacial score (nSPS) is 11.6. The van der Waals surface area contributed by atoms with Crippen LogP contribution in [0.15, 0.2) is 86.9 Å². The molecule has 0 fully saturated rings. The largest absolute Gasteiger partial charge is 1.00 e. The number of aryl methyl sites for hydroxylation is 2. The first kappa shape index (κ1) is 32.8. The second-order valence-corrected chi connectivity index (χ2v) is 10.2. The average Bonchev–Trinajstić information content (AvgIpc) is 3.42. The Kier molecular flexibility index (Phi) is 11.5. The number of aromatic nitrogens is 4. The number of nitrogens with zero attached hydrogens (tertiary/aromatic N) is 3. The molecule has 9 nitrogen and oxygen atoms in total. The van der Waals surface area contributed by atoms with Crippen LogP contribution in [0.3, 0.4) is 0 Å². The van der Waals surface area contributed by atoms with Gasteiger partial charge in [0.25, 0.3) is 5.56 Å². The van der Waals surface area contributed by atoms with Crippen LogP contribution in [0.5, 0.6) is 5.75 Å². The summed E-state index contributed by atoms with van der Waals surface area (Å²) in [7, 11) is 1.64. The maximum absolute atomic E-state index is 14.0. The third kappa shape index (κ3) is 7.70. The first-order chi connectivity index (χ1) is 20.4. The molecule has 218 valence electrons. The average molecular weight is 607 g/mol. The van der Waals surface area contributed by atoms with Gasteiger partial charge in [0, 0.05) is 24.7 Å². The van der Waals surface area contributed by atoms with Crippen molar-refractivity contribution in [3.05, 3.63) is 116 Å². The molecule has 2 heterocycles. The maximum atomic E-state index is 14.0. The second-order valence-electron chi connectivity index (χ2n) is 10.2. The number of ether oxygens (including phenoxy) is 2. The molecule has 0 saturated heterocycles. The van der Waals surface area contributed by atoms with Crippen LogP contribution in [0.4, 0.5) is 0 Å². The summed E-state index contributed by atoms with van der Waals surface area (Å²) in [5, 5.41) is 3.85. The minimum absolute atomic E-state index is 0. The third-order valence-electron chi connectivity index (χ3n) is 7.02. The van der Waals surface area contributed by atoms with Gasteiger partial charge in [0.1, 0.15) is 17.7 Å². The molecule has 0 spiro atoms. The first-order valence-electron chi connectivity index (χ1n) is 14.0. The standard InChI is InChI=1S/C33H34N4O5.K.H/c1-5-8-30-29(32(38)37(22(3)34-30)25-15-17-26(18-16-25)41-21(2)20-40-4)19-23-11-13-24(14-12-23)27-9-6-7-10-28(27)31-35-33(39)42-36-31;;/h6-7,9-18,21H,5,8,19-20H2,1-4H3,(H,35,36,39);;/q;+1;-1. The molecule has 5 rings (SSSR count). The Morgan fingerprint density at radius 3 is 2.33 bits per heavy atom. The van der Waals surface area contributed by atoms with E-state index in [0.29, 0.717) is 36.0 Å². The summed E-state index contributed by atoms with van der Waals surface area (Å²) in [6, 6.07) is 23.2. The predicted molar refractivity (Wildman–Crippen MR) is 162 cm³/mol. The topological polar surface area (TPSA) is 112 Å². The molecule has 3 aromatic carbocycles. The summed E-state index contributed by atoms with van der Waals surface area (Å²) >= 11 is 0. The Morgan fingerprint density at radius 1 is 1.00 bits per heavy atom. The summed E-state index contributed by atoms with van der Waals surface area (Å²) < 4.78 is 17.4. The Balaban J connectivity index is 0.00000264. The van der Waals surface area contributed by atoms with Crippen LogP contribution in [0.2, 0.25) is 0 Å². The van der Waals surface area contributed by atoms with Crippen molar-refractivity contribution in [1.29, 1.82) is 0 Å². The van der Waals surface area contributed by atoms with Gasteiger partial charge < -0.3 is 10.9 Å². The number of nitrogens with one attached hydrogen (secondary N) is 1. The molecule has 0 saturated carbocycles. The van der Waals surface area contributed by atoms with E-state index in [9.17, 15) is 9.59 Å². The third-order valence-corrected chi connectivity index (χ3v) is 7.02. The van der Waals surface area contributed by atoms with Gasteiger partial charge in [-0.3, -0.25) is 18.9 Å². The number of benzene rings is 3. The molecule has 1 atom stereocenters. The second kappa shape index (κ2) is 15.0. The minimum atomic E-state index is -0.601. The zero-order valence-corrected chi connectivity index (χ0v) is 28.3. The molecule has 1 unspecified atom stereocenters. The molecule has 0 radical (unpaired) electrons. The van der Waals surface area contributed by atoms with Gasteiger partial charge in [-0.05, 0) is 61.2 Å². The van der Waals surface area contributed by atoms with Gasteiger partial charge in [-0.25, -0.2) is 9.78 Å². The van der Waals surface area contributed by atoms with E-state index >= 15 is 0 Å². The smallest absolute Gasteiger partial charge is 1.00 e. The van der Waals surface area contributed by atoms with Crippen molar-refractivity contribution in [3.63, 3.8) is 0 Å². The van der Waals surface area contributed by atoms with Crippen molar-refractivity contribution in [2.45, 2.75) is 46.1 Å². The van der Waals surface area contributed by atoms with Gasteiger partial charge in [-0.15, -0.1) is 0 Å². The Morgan fingerprint density at radius 2 is 1.70 bits per heavy atom. The van der Waals surface area contributed by atoms with Crippen LogP contribution in [0.25, 0.3) is 28.2 Å². The molecular formula is C33H35KN4O5. The summed E-state index contributed by atoms with van der Waals surface area (Å²) in [5.41, 5.74) is 5.79. The van der Waals surface area contributed by atoms with Crippen molar-refractivity contribution < 1.29 is 66.8 Å². The van der Waals surface area contributed by atoms with E-state index in [2.05, 4.69) is 17.1 Å². The molecule has 0 aliphatic carbocycles. The molecule has 0 aliphatic heterocycles. The van der Waals surface area contributed by atoms with E-state index in [-0.39, 0.29) is 64.5 Å². The van der Waals surface area contributed by atoms with Crippen molar-refractivity contribution >= 4 is 0 Å². The van der Waals surface area contributed by atoms with Crippen LogP contribution < -0.4 is 67.4 Å². The number of H-pyrrole nitrogens is 1. The van der Waals surface area contributed by atoms with Crippen LogP contribution in [-0.2, 0) is 17.6 Å². The van der Waals surface area contributed by atoms with Gasteiger partial charge in [0.05, 0.1) is 18.0 Å². The fourth-order valence-corrected chi connectivity index (χ4v) is 5.11. The van der Waals surface area contributed by atoms with E-state index in [4.69, 9.17) is 19.0 Å². The Bertz CT molecular complexity index is 1780. The fraction of sp³-hybridized carbons (Fsp3) is 0.273. The van der Waals surface area contributed by atoms with Crippen molar-refractivity contribution in [2.75, 3.05) is 13.7 Å².